The molecule has 4 rings (SSSR count). The van der Waals surface area contributed by atoms with Gasteiger partial charge in [0.05, 0.1) is 27.2 Å². The van der Waals surface area contributed by atoms with Crippen LogP contribution in [0.2, 0.25) is 0 Å². The summed E-state index contributed by atoms with van der Waals surface area (Å²) in [4.78, 5) is 17.9. The zero-order valence-electron chi connectivity index (χ0n) is 17.2. The predicted octanol–water partition coefficient (Wildman–Crippen LogP) is 3.84. The highest BCUT2D eigenvalue weighted by atomic mass is 32.2. The van der Waals surface area contributed by atoms with Crippen molar-refractivity contribution in [1.82, 2.24) is 14.9 Å². The maximum absolute atomic E-state index is 13.2. The molecule has 0 spiro atoms. The lowest BCUT2D eigenvalue weighted by Gasteiger charge is -2.15. The number of nitrogens with zero attached hydrogens (tertiary/aromatic N) is 2. The second kappa shape index (κ2) is 8.10. The van der Waals surface area contributed by atoms with E-state index in [0.717, 1.165) is 37.0 Å². The van der Waals surface area contributed by atoms with Crippen LogP contribution >= 0.6 is 0 Å². The van der Waals surface area contributed by atoms with Gasteiger partial charge in [0.15, 0.2) is 0 Å². The maximum Gasteiger partial charge on any atom is 0.261 e. The smallest absolute Gasteiger partial charge is 0.261 e. The summed E-state index contributed by atoms with van der Waals surface area (Å²) >= 11 is 0. The summed E-state index contributed by atoms with van der Waals surface area (Å²) in [5.74, 6) is 0.591. The molecule has 158 valence electrons. The van der Waals surface area contributed by atoms with E-state index in [1.54, 1.807) is 30.3 Å². The number of imidazole rings is 1. The number of nitrogens with one attached hydrogen (secondary N) is 2. The van der Waals surface area contributed by atoms with Crippen molar-refractivity contribution in [2.75, 3.05) is 4.72 Å². The largest absolute Gasteiger partial charge is 0.349 e. The number of aryl methyl sites for hydroxylation is 2. The minimum absolute atomic E-state index is 0.163. The summed E-state index contributed by atoms with van der Waals surface area (Å²) < 4.78 is 30.2. The normalized spacial score (nSPS) is 14.9. The van der Waals surface area contributed by atoms with Crippen LogP contribution < -0.4 is 10.0 Å². The lowest BCUT2D eigenvalue weighted by molar-refractivity contribution is 0.0939. The molecule has 0 bridgehead atoms. The van der Waals surface area contributed by atoms with E-state index in [4.69, 9.17) is 0 Å². The topological polar surface area (TPSA) is 93.1 Å². The zero-order valence-corrected chi connectivity index (χ0v) is 18.0. The van der Waals surface area contributed by atoms with Gasteiger partial charge in [-0.2, -0.15) is 0 Å². The molecule has 1 fully saturated rings. The Balaban J connectivity index is 1.77. The number of hydrogen-bond donors (Lipinski definition) is 2. The molecule has 1 aromatic heterocycles. The number of benzene rings is 2. The molecular formula is C22H26N4O3S. The van der Waals surface area contributed by atoms with E-state index in [0.29, 0.717) is 23.3 Å². The molecule has 0 atom stereocenters. The summed E-state index contributed by atoms with van der Waals surface area (Å²) in [5, 5.41) is 3.11. The molecule has 1 aliphatic carbocycles. The van der Waals surface area contributed by atoms with Gasteiger partial charge < -0.3 is 9.88 Å². The lowest BCUT2D eigenvalue weighted by Crippen LogP contribution is -2.33. The van der Waals surface area contributed by atoms with Crippen LogP contribution in [0.1, 0.15) is 48.8 Å². The van der Waals surface area contributed by atoms with E-state index >= 15 is 0 Å². The molecule has 1 heterocycles. The molecule has 30 heavy (non-hydrogen) atoms. The van der Waals surface area contributed by atoms with Crippen molar-refractivity contribution >= 4 is 32.7 Å². The molecule has 2 aromatic carbocycles. The third-order valence-corrected chi connectivity index (χ3v) is 6.99. The first-order valence-corrected chi connectivity index (χ1v) is 11.8. The van der Waals surface area contributed by atoms with Crippen molar-refractivity contribution in [3.63, 3.8) is 0 Å². The monoisotopic (exact) mass is 426 g/mol. The fourth-order valence-electron chi connectivity index (χ4n) is 4.15. The number of aromatic nitrogens is 2. The first-order valence-electron chi connectivity index (χ1n) is 10.3. The van der Waals surface area contributed by atoms with Gasteiger partial charge in [-0.3, -0.25) is 9.52 Å². The van der Waals surface area contributed by atoms with Crippen LogP contribution in [0.15, 0.2) is 47.4 Å². The van der Waals surface area contributed by atoms with Gasteiger partial charge in [-0.05, 0) is 51.0 Å². The highest BCUT2D eigenvalue weighted by Gasteiger charge is 2.23. The van der Waals surface area contributed by atoms with E-state index in [1.165, 1.54) is 12.1 Å². The molecule has 7 nitrogen and oxygen atoms in total. The third-order valence-electron chi connectivity index (χ3n) is 5.59. The number of amides is 1. The number of carbonyl (C=O) groups excluding carboxylic acids is 1. The van der Waals surface area contributed by atoms with Gasteiger partial charge in [0.25, 0.3) is 15.9 Å². The van der Waals surface area contributed by atoms with Crippen LogP contribution in [-0.4, -0.2) is 29.9 Å². The molecule has 0 saturated heterocycles. The Morgan fingerprint density at radius 3 is 2.53 bits per heavy atom. The van der Waals surface area contributed by atoms with Crippen LogP contribution in [0.3, 0.4) is 0 Å². The van der Waals surface area contributed by atoms with Crippen molar-refractivity contribution in [3.8, 4) is 0 Å². The molecule has 1 aliphatic rings. The van der Waals surface area contributed by atoms with Crippen molar-refractivity contribution in [1.29, 1.82) is 0 Å². The van der Waals surface area contributed by atoms with Crippen LogP contribution in [0.25, 0.3) is 11.0 Å². The van der Waals surface area contributed by atoms with E-state index in [9.17, 15) is 13.2 Å². The summed E-state index contributed by atoms with van der Waals surface area (Å²) in [6.07, 6.45) is 4.18. The molecule has 0 aliphatic heterocycles. The summed E-state index contributed by atoms with van der Waals surface area (Å²) in [6, 6.07) is 11.6. The van der Waals surface area contributed by atoms with Crippen LogP contribution in [0.4, 0.5) is 5.69 Å². The van der Waals surface area contributed by atoms with Crippen molar-refractivity contribution in [3.05, 3.63) is 53.9 Å². The van der Waals surface area contributed by atoms with Gasteiger partial charge in [0, 0.05) is 12.6 Å². The Morgan fingerprint density at radius 1 is 1.17 bits per heavy atom. The molecule has 0 radical (unpaired) electrons. The fourth-order valence-corrected chi connectivity index (χ4v) is 5.21. The molecule has 1 amide bonds. The standard InChI is InChI=1S/C22H26N4O3S/c1-3-26-15(2)23-20-14-17(25-30(28,29)18-11-5-4-6-12-18)13-19(21(20)26)22(27)24-16-9-7-8-10-16/h4-6,11-14,16,25H,3,7-10H2,1-2H3,(H,24,27). The summed E-state index contributed by atoms with van der Waals surface area (Å²) in [6.45, 7) is 4.55. The first-order chi connectivity index (χ1) is 14.4. The summed E-state index contributed by atoms with van der Waals surface area (Å²) in [5.41, 5.74) is 2.09. The second-order valence-corrected chi connectivity index (χ2v) is 9.35. The molecular weight excluding hydrogens is 400 g/mol. The molecule has 2 N–H and O–H groups in total. The van der Waals surface area contributed by atoms with E-state index in [1.807, 2.05) is 18.4 Å². The Morgan fingerprint density at radius 2 is 1.87 bits per heavy atom. The van der Waals surface area contributed by atoms with Gasteiger partial charge in [0.2, 0.25) is 0 Å². The van der Waals surface area contributed by atoms with Gasteiger partial charge in [0.1, 0.15) is 5.82 Å². The van der Waals surface area contributed by atoms with E-state index in [2.05, 4.69) is 15.0 Å². The Hall–Kier alpha value is -2.87. The molecule has 0 unspecified atom stereocenters. The van der Waals surface area contributed by atoms with Crippen LogP contribution in [-0.2, 0) is 16.6 Å². The maximum atomic E-state index is 13.2. The summed E-state index contributed by atoms with van der Waals surface area (Å²) in [7, 11) is -3.77. The highest BCUT2D eigenvalue weighted by Crippen LogP contribution is 2.28. The molecule has 8 heteroatoms. The van der Waals surface area contributed by atoms with E-state index < -0.39 is 10.0 Å². The number of rotatable bonds is 6. The second-order valence-electron chi connectivity index (χ2n) is 7.67. The first kappa shape index (κ1) is 20.4. The van der Waals surface area contributed by atoms with Crippen molar-refractivity contribution < 1.29 is 13.2 Å². The Kier molecular flexibility index (Phi) is 5.51. The molecule has 1 saturated carbocycles. The Bertz CT molecular complexity index is 1180. The minimum Gasteiger partial charge on any atom is -0.349 e. The SMILES string of the molecule is CCn1c(C)nc2cc(NS(=O)(=O)c3ccccc3)cc(C(=O)NC3CCCC3)c21. The lowest BCUT2D eigenvalue weighted by atomic mass is 10.1. The average Bonchev–Trinajstić information content (AvgIpc) is 3.34. The highest BCUT2D eigenvalue weighted by molar-refractivity contribution is 7.92. The van der Waals surface area contributed by atoms with Crippen molar-refractivity contribution in [2.45, 2.75) is 57.0 Å². The van der Waals surface area contributed by atoms with Crippen LogP contribution in [0, 0.1) is 6.92 Å². The number of sulfonamides is 1. The number of hydrogen-bond acceptors (Lipinski definition) is 4. The van der Waals surface area contributed by atoms with Gasteiger partial charge in [-0.1, -0.05) is 31.0 Å². The van der Waals surface area contributed by atoms with Crippen LogP contribution in [0.5, 0.6) is 0 Å². The molecule has 3 aromatic rings. The van der Waals surface area contributed by atoms with Gasteiger partial charge >= 0.3 is 0 Å². The number of anilines is 1. The Labute approximate surface area is 176 Å². The zero-order chi connectivity index (χ0) is 21.3. The van der Waals surface area contributed by atoms with Gasteiger partial charge in [-0.15, -0.1) is 0 Å². The van der Waals surface area contributed by atoms with Gasteiger partial charge in [-0.25, -0.2) is 13.4 Å². The fraction of sp³-hybridized carbons (Fsp3) is 0.364. The quantitative estimate of drug-likeness (QED) is 0.626. The van der Waals surface area contributed by atoms with Crippen molar-refractivity contribution in [2.24, 2.45) is 0 Å². The average molecular weight is 427 g/mol. The number of fused-ring (bicyclic) bond motifs is 1. The number of carbonyl (C=O) groups is 1. The predicted molar refractivity (Wildman–Crippen MR) is 117 cm³/mol. The minimum atomic E-state index is -3.77. The van der Waals surface area contributed by atoms with E-state index in [-0.39, 0.29) is 16.8 Å². The third kappa shape index (κ3) is 3.92.